The molecule has 198 valence electrons. The molecule has 0 amide bonds. The number of rotatable bonds is 9. The quantitative estimate of drug-likeness (QED) is 0.245. The van der Waals surface area contributed by atoms with E-state index in [0.717, 1.165) is 35.7 Å². The van der Waals surface area contributed by atoms with Gasteiger partial charge in [-0.2, -0.15) is 0 Å². The average Bonchev–Trinajstić information content (AvgIpc) is 3.23. The van der Waals surface area contributed by atoms with Crippen molar-refractivity contribution in [3.05, 3.63) is 47.5 Å². The molecule has 4 aliphatic carbocycles. The summed E-state index contributed by atoms with van der Waals surface area (Å²) < 4.78 is 0. The number of hydrogen-bond donors (Lipinski definition) is 0. The van der Waals surface area contributed by atoms with Gasteiger partial charge >= 0.3 is 0 Å². The normalized spacial score (nSPS) is 37.5. The van der Waals surface area contributed by atoms with Crippen molar-refractivity contribution in [1.29, 1.82) is 0 Å². The first-order valence-electron chi connectivity index (χ1n) is 15.4. The Kier molecular flexibility index (Phi) is 8.41. The predicted molar refractivity (Wildman–Crippen MR) is 155 cm³/mol. The van der Waals surface area contributed by atoms with Gasteiger partial charge < -0.3 is 0 Å². The molecule has 0 heterocycles. The van der Waals surface area contributed by atoms with Crippen LogP contribution in [0.3, 0.4) is 0 Å². The lowest BCUT2D eigenvalue weighted by Gasteiger charge is -2.58. The number of carbonyl (C=O) groups is 1. The van der Waals surface area contributed by atoms with Crippen molar-refractivity contribution in [1.82, 2.24) is 0 Å². The number of carbonyl (C=O) groups excluding carboxylic acids is 1. The van der Waals surface area contributed by atoms with E-state index >= 15 is 0 Å². The number of benzene rings is 1. The molecule has 2 heteroatoms. The molecule has 0 aromatic heterocycles. The highest BCUT2D eigenvalue weighted by Gasteiger charge is 2.58. The van der Waals surface area contributed by atoms with E-state index in [4.69, 9.17) is 0 Å². The van der Waals surface area contributed by atoms with Gasteiger partial charge in [0.15, 0.2) is 0 Å². The molecule has 36 heavy (non-hydrogen) atoms. The van der Waals surface area contributed by atoms with Crippen molar-refractivity contribution in [3.8, 4) is 0 Å². The monoisotopic (exact) mass is 506 g/mol. The molecule has 0 radical (unpaired) electrons. The summed E-state index contributed by atoms with van der Waals surface area (Å²) in [5, 5.41) is 0.713. The summed E-state index contributed by atoms with van der Waals surface area (Å²) in [7, 11) is 0. The summed E-state index contributed by atoms with van der Waals surface area (Å²) in [6.45, 7) is 7.63. The first-order chi connectivity index (χ1) is 17.5. The topological polar surface area (TPSA) is 17.1 Å². The average molecular weight is 507 g/mol. The van der Waals surface area contributed by atoms with E-state index in [0.29, 0.717) is 16.1 Å². The molecule has 1 aromatic carbocycles. The van der Waals surface area contributed by atoms with Gasteiger partial charge in [-0.1, -0.05) is 113 Å². The fourth-order valence-electron chi connectivity index (χ4n) is 9.28. The van der Waals surface area contributed by atoms with Crippen molar-refractivity contribution >= 4 is 16.9 Å². The largest absolute Gasteiger partial charge is 0.282 e. The summed E-state index contributed by atoms with van der Waals surface area (Å²) in [6.07, 6.45) is 23.6. The van der Waals surface area contributed by atoms with Crippen LogP contribution in [0.2, 0.25) is 0 Å². The molecule has 1 aromatic rings. The minimum Gasteiger partial charge on any atom is -0.282 e. The van der Waals surface area contributed by atoms with Crippen LogP contribution in [-0.4, -0.2) is 10.4 Å². The van der Waals surface area contributed by atoms with E-state index in [2.05, 4.69) is 26.8 Å². The molecule has 3 saturated carbocycles. The summed E-state index contributed by atoms with van der Waals surface area (Å²) in [4.78, 5) is 12.9. The summed E-state index contributed by atoms with van der Waals surface area (Å²) >= 11 is 1.61. The summed E-state index contributed by atoms with van der Waals surface area (Å²) in [6, 6.07) is 9.88. The van der Waals surface area contributed by atoms with Gasteiger partial charge in [0, 0.05) is 10.8 Å². The molecule has 4 aliphatic rings. The van der Waals surface area contributed by atoms with Crippen molar-refractivity contribution in [2.45, 2.75) is 122 Å². The number of allylic oxidation sites excluding steroid dienone is 2. The molecule has 1 nitrogen and oxygen atoms in total. The Morgan fingerprint density at radius 3 is 2.50 bits per heavy atom. The number of thioether (sulfide) groups is 1. The Labute approximate surface area is 225 Å². The lowest BCUT2D eigenvalue weighted by atomic mass is 9.47. The minimum absolute atomic E-state index is 0.259. The zero-order valence-corrected chi connectivity index (χ0v) is 24.1. The molecular weight excluding hydrogens is 456 g/mol. The van der Waals surface area contributed by atoms with E-state index in [9.17, 15) is 4.79 Å². The van der Waals surface area contributed by atoms with Crippen LogP contribution in [0.1, 0.15) is 127 Å². The molecule has 0 spiro atoms. The maximum absolute atomic E-state index is 12.9. The molecule has 0 bridgehead atoms. The van der Waals surface area contributed by atoms with Crippen LogP contribution in [-0.2, 0) is 0 Å². The number of unbranched alkanes of at least 4 members (excludes halogenated alkanes) is 5. The molecule has 0 N–H and O–H groups in total. The Morgan fingerprint density at radius 2 is 1.69 bits per heavy atom. The maximum Gasteiger partial charge on any atom is 0.219 e. The van der Waals surface area contributed by atoms with Crippen LogP contribution < -0.4 is 0 Å². The fraction of sp³-hybridized carbons (Fsp3) is 0.735. The summed E-state index contributed by atoms with van der Waals surface area (Å²) in [5.41, 5.74) is 3.55. The van der Waals surface area contributed by atoms with Crippen LogP contribution in [0.25, 0.3) is 0 Å². The van der Waals surface area contributed by atoms with Crippen LogP contribution in [0.15, 0.2) is 42.0 Å². The lowest BCUT2D eigenvalue weighted by Crippen LogP contribution is -2.50. The SMILES string of the molecule is CCCCCCCC[C@@H]1CC[C@@H]2[C@@H]3CC=C4C[C@@H](SC(=O)c5ccccc5)CC[C@]4(C)[C@@H]3CC[C@]12C. The second-order valence-corrected chi connectivity index (χ2v) is 14.5. The van der Waals surface area contributed by atoms with E-state index in [1.54, 1.807) is 17.3 Å². The van der Waals surface area contributed by atoms with Crippen molar-refractivity contribution in [3.63, 3.8) is 0 Å². The molecule has 5 rings (SSSR count). The van der Waals surface area contributed by atoms with Crippen LogP contribution in [0.5, 0.6) is 0 Å². The second-order valence-electron chi connectivity index (χ2n) is 13.3. The van der Waals surface area contributed by atoms with Gasteiger partial charge in [-0.25, -0.2) is 0 Å². The van der Waals surface area contributed by atoms with E-state index in [1.165, 1.54) is 89.9 Å². The standard InChI is InChI=1S/C34H50OS/c1-4-5-6-7-8-12-15-26-17-19-30-29-18-16-27-24-28(36-32(35)25-13-10-9-11-14-25)20-22-34(27,3)31(29)21-23-33(26,30)2/h9-11,13-14,16,26,28-31H,4-8,12,15,17-24H2,1-3H3/t26-,28+,29+,30-,31-,33-,34+/m1/s1. The van der Waals surface area contributed by atoms with Gasteiger partial charge in [0.05, 0.1) is 0 Å². The smallest absolute Gasteiger partial charge is 0.219 e. The first-order valence-corrected chi connectivity index (χ1v) is 16.3. The van der Waals surface area contributed by atoms with Gasteiger partial charge in [-0.05, 0) is 92.3 Å². The van der Waals surface area contributed by atoms with Crippen molar-refractivity contribution < 1.29 is 4.79 Å². The Hall–Kier alpha value is -1.02. The number of hydrogen-bond acceptors (Lipinski definition) is 2. The highest BCUT2D eigenvalue weighted by atomic mass is 32.2. The first kappa shape index (κ1) is 26.6. The van der Waals surface area contributed by atoms with Gasteiger partial charge in [0.1, 0.15) is 0 Å². The van der Waals surface area contributed by atoms with Gasteiger partial charge in [-0.3, -0.25) is 4.79 Å². The van der Waals surface area contributed by atoms with E-state index in [-0.39, 0.29) is 5.12 Å². The highest BCUT2D eigenvalue weighted by molar-refractivity contribution is 8.14. The van der Waals surface area contributed by atoms with Crippen LogP contribution in [0, 0.1) is 34.5 Å². The molecular formula is C34H50OS. The van der Waals surface area contributed by atoms with Crippen LogP contribution in [0.4, 0.5) is 0 Å². The van der Waals surface area contributed by atoms with Crippen LogP contribution >= 0.6 is 11.8 Å². The van der Waals surface area contributed by atoms with Gasteiger partial charge in [0.25, 0.3) is 0 Å². The van der Waals surface area contributed by atoms with Crippen molar-refractivity contribution in [2.24, 2.45) is 34.5 Å². The predicted octanol–water partition coefficient (Wildman–Crippen LogP) is 10.3. The highest BCUT2D eigenvalue weighted by Crippen LogP contribution is 2.67. The summed E-state index contributed by atoms with van der Waals surface area (Å²) in [5.74, 6) is 3.70. The second kappa shape index (κ2) is 11.4. The molecule has 0 unspecified atom stereocenters. The third kappa shape index (κ3) is 5.14. The molecule has 0 aliphatic heterocycles. The molecule has 0 saturated heterocycles. The fourth-order valence-corrected chi connectivity index (χ4v) is 10.3. The zero-order chi connectivity index (χ0) is 25.2. The van der Waals surface area contributed by atoms with E-state index < -0.39 is 0 Å². The Balaban J connectivity index is 1.20. The lowest BCUT2D eigenvalue weighted by molar-refractivity contribution is -0.0421. The number of fused-ring (bicyclic) bond motifs is 5. The minimum atomic E-state index is 0.259. The zero-order valence-electron chi connectivity index (χ0n) is 23.3. The van der Waals surface area contributed by atoms with Gasteiger partial charge in [-0.15, -0.1) is 0 Å². The Bertz CT molecular complexity index is 920. The third-order valence-corrected chi connectivity index (χ3v) is 12.6. The molecule has 7 atom stereocenters. The van der Waals surface area contributed by atoms with Gasteiger partial charge in [0.2, 0.25) is 5.12 Å². The maximum atomic E-state index is 12.9. The molecule has 3 fully saturated rings. The van der Waals surface area contributed by atoms with Crippen molar-refractivity contribution in [2.75, 3.05) is 0 Å². The Morgan fingerprint density at radius 1 is 0.917 bits per heavy atom. The van der Waals surface area contributed by atoms with E-state index in [1.807, 2.05) is 30.3 Å². The third-order valence-electron chi connectivity index (χ3n) is 11.4.